The normalized spacial score (nSPS) is 14.2. The van der Waals surface area contributed by atoms with Crippen molar-refractivity contribution in [3.05, 3.63) is 78.1 Å². The zero-order valence-electron chi connectivity index (χ0n) is 16.7. The molecule has 0 spiro atoms. The van der Waals surface area contributed by atoms with E-state index < -0.39 is 5.97 Å². The molecule has 0 bridgehead atoms. The number of hydrogen-bond acceptors (Lipinski definition) is 5. The summed E-state index contributed by atoms with van der Waals surface area (Å²) in [5.74, 6) is -0.472. The molecular formula is C24H20N4O3. The lowest BCUT2D eigenvalue weighted by molar-refractivity contribution is 0.0689. The van der Waals surface area contributed by atoms with Gasteiger partial charge >= 0.3 is 5.97 Å². The molecule has 1 N–H and O–H groups in total. The molecule has 4 aromatic rings. The molecule has 0 atom stereocenters. The maximum atomic E-state index is 12.8. The number of amides is 1. The summed E-state index contributed by atoms with van der Waals surface area (Å²) in [5, 5.41) is 12.5. The zero-order valence-corrected chi connectivity index (χ0v) is 16.7. The molecule has 1 saturated heterocycles. The van der Waals surface area contributed by atoms with Gasteiger partial charge in [-0.05, 0) is 23.6 Å². The van der Waals surface area contributed by atoms with Gasteiger partial charge in [-0.3, -0.25) is 4.79 Å². The first-order valence-corrected chi connectivity index (χ1v) is 10.1. The Morgan fingerprint density at radius 3 is 2.10 bits per heavy atom. The summed E-state index contributed by atoms with van der Waals surface area (Å²) in [6.07, 6.45) is 0. The lowest BCUT2D eigenvalue weighted by Gasteiger charge is -2.36. The third kappa shape index (κ3) is 3.44. The highest BCUT2D eigenvalue weighted by Crippen LogP contribution is 2.31. The monoisotopic (exact) mass is 412 g/mol. The Morgan fingerprint density at radius 2 is 1.35 bits per heavy atom. The molecule has 1 aliphatic heterocycles. The highest BCUT2D eigenvalue weighted by Gasteiger charge is 2.25. The van der Waals surface area contributed by atoms with Crippen LogP contribution in [0.4, 0.5) is 5.82 Å². The van der Waals surface area contributed by atoms with Gasteiger partial charge in [-0.2, -0.15) is 0 Å². The molecule has 3 heterocycles. The number of anilines is 1. The summed E-state index contributed by atoms with van der Waals surface area (Å²) in [7, 11) is 0. The van der Waals surface area contributed by atoms with Crippen LogP contribution < -0.4 is 4.90 Å². The maximum absolute atomic E-state index is 12.8. The summed E-state index contributed by atoms with van der Waals surface area (Å²) in [5.41, 5.74) is 0.975. The summed E-state index contributed by atoms with van der Waals surface area (Å²) >= 11 is 0. The van der Waals surface area contributed by atoms with Crippen molar-refractivity contribution in [1.29, 1.82) is 0 Å². The fourth-order valence-electron chi connectivity index (χ4n) is 4.08. The summed E-state index contributed by atoms with van der Waals surface area (Å²) in [6.45, 7) is 2.31. The van der Waals surface area contributed by atoms with Gasteiger partial charge in [0.1, 0.15) is 17.2 Å². The number of fused-ring (bicyclic) bond motifs is 3. The van der Waals surface area contributed by atoms with Crippen LogP contribution in [0.2, 0.25) is 0 Å². The van der Waals surface area contributed by atoms with Crippen molar-refractivity contribution in [2.24, 2.45) is 0 Å². The Kier molecular flexibility index (Phi) is 4.71. The first kappa shape index (κ1) is 19.0. The third-order valence-corrected chi connectivity index (χ3v) is 5.64. The number of carboxylic acids is 1. The molecule has 0 aliphatic carbocycles. The minimum atomic E-state index is -1.14. The standard InChI is InChI=1S/C24H20N4O3/c29-23(20-10-5-11-21(25-20)24(30)31)28-14-12-27(13-15-28)22-18-8-2-1-6-16(18)17-7-3-4-9-19(17)26-22/h1-11H,12-15H2,(H,30,31). The zero-order chi connectivity index (χ0) is 21.4. The second kappa shape index (κ2) is 7.68. The number of aromatic carboxylic acids is 1. The van der Waals surface area contributed by atoms with Crippen LogP contribution in [-0.2, 0) is 0 Å². The fraction of sp³-hybridized carbons (Fsp3) is 0.167. The average molecular weight is 412 g/mol. The Bertz CT molecular complexity index is 1310. The van der Waals surface area contributed by atoms with Crippen LogP contribution in [0.1, 0.15) is 21.0 Å². The molecule has 0 unspecified atom stereocenters. The lowest BCUT2D eigenvalue weighted by Crippen LogP contribution is -2.49. The molecule has 31 heavy (non-hydrogen) atoms. The van der Waals surface area contributed by atoms with Gasteiger partial charge in [0, 0.05) is 37.0 Å². The highest BCUT2D eigenvalue weighted by molar-refractivity contribution is 6.10. The lowest BCUT2D eigenvalue weighted by atomic mass is 10.1. The Hall–Kier alpha value is -4.00. The Labute approximate surface area is 178 Å². The Balaban J connectivity index is 1.41. The number of hydrogen-bond donors (Lipinski definition) is 1. The van der Waals surface area contributed by atoms with Gasteiger partial charge in [-0.25, -0.2) is 14.8 Å². The number of para-hydroxylation sites is 1. The molecule has 154 valence electrons. The van der Waals surface area contributed by atoms with E-state index in [0.29, 0.717) is 26.2 Å². The molecular weight excluding hydrogens is 392 g/mol. The quantitative estimate of drug-likeness (QED) is 0.519. The third-order valence-electron chi connectivity index (χ3n) is 5.64. The predicted molar refractivity (Wildman–Crippen MR) is 119 cm³/mol. The Morgan fingerprint density at radius 1 is 0.710 bits per heavy atom. The van der Waals surface area contributed by atoms with Crippen LogP contribution in [0.15, 0.2) is 66.7 Å². The number of carbonyl (C=O) groups is 2. The minimum Gasteiger partial charge on any atom is -0.477 e. The van der Waals surface area contributed by atoms with Gasteiger partial charge < -0.3 is 14.9 Å². The van der Waals surface area contributed by atoms with Gasteiger partial charge in [0.2, 0.25) is 0 Å². The number of nitrogens with zero attached hydrogens (tertiary/aromatic N) is 4. The van der Waals surface area contributed by atoms with E-state index in [4.69, 9.17) is 10.1 Å². The fourth-order valence-corrected chi connectivity index (χ4v) is 4.08. The van der Waals surface area contributed by atoms with Gasteiger partial charge in [0.15, 0.2) is 0 Å². The SMILES string of the molecule is O=C(O)c1cccc(C(=O)N2CCN(c3nc4ccccc4c4ccccc34)CC2)n1. The van der Waals surface area contributed by atoms with Crippen LogP contribution in [0.3, 0.4) is 0 Å². The molecule has 2 aromatic carbocycles. The molecule has 0 radical (unpaired) electrons. The van der Waals surface area contributed by atoms with Crippen molar-refractivity contribution in [2.45, 2.75) is 0 Å². The van der Waals surface area contributed by atoms with E-state index in [-0.39, 0.29) is 17.3 Å². The van der Waals surface area contributed by atoms with Gasteiger partial charge in [0.25, 0.3) is 5.91 Å². The van der Waals surface area contributed by atoms with Crippen LogP contribution in [0, 0.1) is 0 Å². The van der Waals surface area contributed by atoms with Crippen LogP contribution >= 0.6 is 0 Å². The van der Waals surface area contributed by atoms with Crippen LogP contribution in [0.5, 0.6) is 0 Å². The molecule has 7 nitrogen and oxygen atoms in total. The topological polar surface area (TPSA) is 86.6 Å². The van der Waals surface area contributed by atoms with Crippen molar-refractivity contribution >= 4 is 39.4 Å². The van der Waals surface area contributed by atoms with Crippen LogP contribution in [-0.4, -0.2) is 58.0 Å². The molecule has 1 fully saturated rings. The number of pyridine rings is 2. The van der Waals surface area contributed by atoms with Crippen molar-refractivity contribution < 1.29 is 14.7 Å². The van der Waals surface area contributed by atoms with Crippen molar-refractivity contribution in [3.8, 4) is 0 Å². The molecule has 2 aromatic heterocycles. The number of aromatic nitrogens is 2. The minimum absolute atomic E-state index is 0.128. The van der Waals surface area contributed by atoms with Crippen molar-refractivity contribution in [3.63, 3.8) is 0 Å². The largest absolute Gasteiger partial charge is 0.477 e. The molecule has 5 rings (SSSR count). The number of benzene rings is 2. The summed E-state index contributed by atoms with van der Waals surface area (Å²) in [4.78, 5) is 36.8. The van der Waals surface area contributed by atoms with E-state index in [1.54, 1.807) is 17.0 Å². The van der Waals surface area contributed by atoms with E-state index in [0.717, 1.165) is 27.5 Å². The second-order valence-corrected chi connectivity index (χ2v) is 7.49. The highest BCUT2D eigenvalue weighted by atomic mass is 16.4. The maximum Gasteiger partial charge on any atom is 0.354 e. The van der Waals surface area contributed by atoms with E-state index in [1.807, 2.05) is 30.3 Å². The smallest absolute Gasteiger partial charge is 0.354 e. The van der Waals surface area contributed by atoms with E-state index in [9.17, 15) is 9.59 Å². The van der Waals surface area contributed by atoms with Crippen LogP contribution in [0.25, 0.3) is 21.7 Å². The number of carboxylic acid groups (broad SMARTS) is 1. The van der Waals surface area contributed by atoms with E-state index in [1.165, 1.54) is 6.07 Å². The number of carbonyl (C=O) groups excluding carboxylic acids is 1. The first-order chi connectivity index (χ1) is 15.1. The second-order valence-electron chi connectivity index (χ2n) is 7.49. The van der Waals surface area contributed by atoms with Gasteiger partial charge in [0.05, 0.1) is 5.52 Å². The number of piperazine rings is 1. The molecule has 1 amide bonds. The molecule has 1 aliphatic rings. The first-order valence-electron chi connectivity index (χ1n) is 10.1. The average Bonchev–Trinajstić information content (AvgIpc) is 2.83. The van der Waals surface area contributed by atoms with E-state index >= 15 is 0 Å². The molecule has 0 saturated carbocycles. The summed E-state index contributed by atoms with van der Waals surface area (Å²) < 4.78 is 0. The van der Waals surface area contributed by atoms with Crippen molar-refractivity contribution in [1.82, 2.24) is 14.9 Å². The predicted octanol–water partition coefficient (Wildman–Crippen LogP) is 3.44. The van der Waals surface area contributed by atoms with Gasteiger partial charge in [-0.15, -0.1) is 0 Å². The van der Waals surface area contributed by atoms with Gasteiger partial charge in [-0.1, -0.05) is 48.5 Å². The molecule has 7 heteroatoms. The summed E-state index contributed by atoms with van der Waals surface area (Å²) in [6, 6.07) is 20.9. The van der Waals surface area contributed by atoms with E-state index in [2.05, 4.69) is 28.1 Å². The number of rotatable bonds is 3. The van der Waals surface area contributed by atoms with Crippen molar-refractivity contribution in [2.75, 3.05) is 31.1 Å².